The number of benzene rings is 2. The van der Waals surface area contributed by atoms with Crippen molar-refractivity contribution in [1.82, 2.24) is 3.11 Å². The highest BCUT2D eigenvalue weighted by molar-refractivity contribution is 14.1. The van der Waals surface area contributed by atoms with Crippen molar-refractivity contribution >= 4 is 40.2 Å². The maximum absolute atomic E-state index is 5.94. The lowest BCUT2D eigenvalue weighted by Crippen LogP contribution is -2.11. The Labute approximate surface area is 132 Å². The molecule has 0 radical (unpaired) electrons. The van der Waals surface area contributed by atoms with Crippen LogP contribution in [0.2, 0.25) is 5.02 Å². The van der Waals surface area contributed by atoms with Crippen LogP contribution in [0.25, 0.3) is 5.70 Å². The summed E-state index contributed by atoms with van der Waals surface area (Å²) in [5, 5.41) is 0.780. The van der Waals surface area contributed by atoms with Gasteiger partial charge >= 0.3 is 0 Å². The molecule has 2 aromatic carbocycles. The Morgan fingerprint density at radius 2 is 1.68 bits per heavy atom. The van der Waals surface area contributed by atoms with E-state index in [1.165, 1.54) is 16.8 Å². The van der Waals surface area contributed by atoms with E-state index in [0.29, 0.717) is 6.04 Å². The first-order valence-electron chi connectivity index (χ1n) is 6.22. The number of halogens is 2. The van der Waals surface area contributed by atoms with E-state index in [4.69, 9.17) is 11.6 Å². The van der Waals surface area contributed by atoms with Crippen molar-refractivity contribution in [2.75, 3.05) is 0 Å². The molecule has 0 saturated heterocycles. The van der Waals surface area contributed by atoms with Crippen LogP contribution in [0.5, 0.6) is 0 Å². The molecule has 0 bridgehead atoms. The van der Waals surface area contributed by atoms with Gasteiger partial charge in [0.2, 0.25) is 0 Å². The minimum atomic E-state index is 0.424. The molecule has 0 amide bonds. The lowest BCUT2D eigenvalue weighted by molar-refractivity contribution is 0.544. The summed E-state index contributed by atoms with van der Waals surface area (Å²) in [5.41, 5.74) is 3.85. The second kappa shape index (κ2) is 5.55. The second-order valence-corrected chi connectivity index (χ2v) is 6.05. The Bertz CT molecular complexity index is 592. The minimum Gasteiger partial charge on any atom is -0.307 e. The highest BCUT2D eigenvalue weighted by atomic mass is 127. The minimum absolute atomic E-state index is 0.424. The topological polar surface area (TPSA) is 3.24 Å². The van der Waals surface area contributed by atoms with Crippen molar-refractivity contribution in [2.45, 2.75) is 12.5 Å². The number of hydrogen-bond donors (Lipinski definition) is 0. The third-order valence-corrected chi connectivity index (χ3v) is 4.81. The van der Waals surface area contributed by atoms with E-state index in [9.17, 15) is 0 Å². The first-order valence-corrected chi connectivity index (χ1v) is 7.56. The van der Waals surface area contributed by atoms with Gasteiger partial charge in [0.1, 0.15) is 0 Å². The molecule has 0 aromatic heterocycles. The number of hydrogen-bond acceptors (Lipinski definition) is 1. The fraction of sp³-hybridized carbons (Fsp3) is 0.125. The van der Waals surface area contributed by atoms with E-state index in [1.54, 1.807) is 0 Å². The molecule has 0 N–H and O–H groups in total. The van der Waals surface area contributed by atoms with Crippen LogP contribution in [0.4, 0.5) is 0 Å². The van der Waals surface area contributed by atoms with Crippen LogP contribution >= 0.6 is 34.5 Å². The molecule has 1 unspecified atom stereocenters. The first-order chi connectivity index (χ1) is 9.25. The van der Waals surface area contributed by atoms with Crippen molar-refractivity contribution < 1.29 is 0 Å². The Morgan fingerprint density at radius 1 is 1.00 bits per heavy atom. The zero-order valence-electron chi connectivity index (χ0n) is 10.3. The average molecular weight is 382 g/mol. The van der Waals surface area contributed by atoms with Crippen LogP contribution in [-0.4, -0.2) is 3.11 Å². The maximum Gasteiger partial charge on any atom is 0.0677 e. The molecule has 1 heterocycles. The average Bonchev–Trinajstić information content (AvgIpc) is 2.83. The van der Waals surface area contributed by atoms with Crippen LogP contribution in [0, 0.1) is 0 Å². The smallest absolute Gasteiger partial charge is 0.0677 e. The van der Waals surface area contributed by atoms with Gasteiger partial charge in [-0.25, -0.2) is 0 Å². The molecule has 0 spiro atoms. The Hall–Kier alpha value is -1.00. The van der Waals surface area contributed by atoms with Crippen molar-refractivity contribution in [3.8, 4) is 0 Å². The van der Waals surface area contributed by atoms with Gasteiger partial charge in [-0.15, -0.1) is 0 Å². The van der Waals surface area contributed by atoms with E-state index < -0.39 is 0 Å². The third-order valence-electron chi connectivity index (χ3n) is 3.36. The molecule has 1 atom stereocenters. The monoisotopic (exact) mass is 381 g/mol. The van der Waals surface area contributed by atoms with Gasteiger partial charge in [0.25, 0.3) is 0 Å². The summed E-state index contributed by atoms with van der Waals surface area (Å²) in [6.45, 7) is 0. The maximum atomic E-state index is 5.94. The molecule has 1 aliphatic heterocycles. The third kappa shape index (κ3) is 2.65. The SMILES string of the molecule is Clc1ccc(C2=CCC(c3ccccc3)N2I)cc1. The highest BCUT2D eigenvalue weighted by Crippen LogP contribution is 2.41. The Morgan fingerprint density at radius 3 is 2.37 bits per heavy atom. The second-order valence-electron chi connectivity index (χ2n) is 4.57. The molecular weight excluding hydrogens is 369 g/mol. The van der Waals surface area contributed by atoms with Gasteiger partial charge in [-0.1, -0.05) is 60.1 Å². The van der Waals surface area contributed by atoms with Gasteiger partial charge < -0.3 is 3.11 Å². The van der Waals surface area contributed by atoms with Crippen LogP contribution in [0.3, 0.4) is 0 Å². The quantitative estimate of drug-likeness (QED) is 0.492. The standard InChI is InChI=1S/C16H13ClIN/c17-14-8-6-13(7-9-14)16-11-10-15(19(16)18)12-4-2-1-3-5-12/h1-9,11,15H,10H2. The molecular formula is C16H13ClIN. The Balaban J connectivity index is 1.85. The van der Waals surface area contributed by atoms with Gasteiger partial charge in [0, 0.05) is 10.7 Å². The van der Waals surface area contributed by atoms with Crippen molar-refractivity contribution in [2.24, 2.45) is 0 Å². The van der Waals surface area contributed by atoms with E-state index in [2.05, 4.69) is 74.5 Å². The molecule has 3 heteroatoms. The summed E-state index contributed by atoms with van der Waals surface area (Å²) in [7, 11) is 0. The van der Waals surface area contributed by atoms with Crippen LogP contribution in [0.1, 0.15) is 23.6 Å². The molecule has 0 fully saturated rings. The zero-order valence-corrected chi connectivity index (χ0v) is 13.2. The molecule has 1 aliphatic rings. The van der Waals surface area contributed by atoms with Crippen molar-refractivity contribution in [3.05, 3.63) is 76.8 Å². The molecule has 0 saturated carbocycles. The van der Waals surface area contributed by atoms with Gasteiger partial charge in [-0.3, -0.25) is 0 Å². The van der Waals surface area contributed by atoms with Crippen LogP contribution in [0.15, 0.2) is 60.7 Å². The predicted octanol–water partition coefficient (Wildman–Crippen LogP) is 5.48. The lowest BCUT2D eigenvalue weighted by Gasteiger charge is -2.23. The lowest BCUT2D eigenvalue weighted by atomic mass is 10.1. The van der Waals surface area contributed by atoms with Gasteiger partial charge in [0.05, 0.1) is 28.9 Å². The number of nitrogens with zero attached hydrogens (tertiary/aromatic N) is 1. The first kappa shape index (κ1) is 13.0. The zero-order chi connectivity index (χ0) is 13.2. The Kier molecular flexibility index (Phi) is 3.80. The number of rotatable bonds is 2. The van der Waals surface area contributed by atoms with Gasteiger partial charge in [-0.05, 0) is 29.7 Å². The molecule has 3 rings (SSSR count). The van der Waals surface area contributed by atoms with Gasteiger partial charge in [-0.2, -0.15) is 0 Å². The van der Waals surface area contributed by atoms with E-state index >= 15 is 0 Å². The van der Waals surface area contributed by atoms with E-state index in [-0.39, 0.29) is 0 Å². The summed E-state index contributed by atoms with van der Waals surface area (Å²) in [4.78, 5) is 0. The fourth-order valence-electron chi connectivity index (χ4n) is 2.37. The van der Waals surface area contributed by atoms with Crippen molar-refractivity contribution in [1.29, 1.82) is 0 Å². The molecule has 0 aliphatic carbocycles. The van der Waals surface area contributed by atoms with Gasteiger partial charge in [0.15, 0.2) is 0 Å². The summed E-state index contributed by atoms with van der Waals surface area (Å²) in [5.74, 6) is 0. The normalized spacial score (nSPS) is 18.5. The summed E-state index contributed by atoms with van der Waals surface area (Å²) < 4.78 is 2.32. The van der Waals surface area contributed by atoms with E-state index in [1.807, 2.05) is 12.1 Å². The predicted molar refractivity (Wildman–Crippen MR) is 89.1 cm³/mol. The molecule has 19 heavy (non-hydrogen) atoms. The van der Waals surface area contributed by atoms with Crippen LogP contribution < -0.4 is 0 Å². The molecule has 96 valence electrons. The summed E-state index contributed by atoms with van der Waals surface area (Å²) in [6.07, 6.45) is 3.35. The summed E-state index contributed by atoms with van der Waals surface area (Å²) >= 11 is 8.35. The fourth-order valence-corrected chi connectivity index (χ4v) is 3.53. The highest BCUT2D eigenvalue weighted by Gasteiger charge is 2.26. The largest absolute Gasteiger partial charge is 0.307 e. The van der Waals surface area contributed by atoms with E-state index in [0.717, 1.165) is 11.4 Å². The van der Waals surface area contributed by atoms with Crippen molar-refractivity contribution in [3.63, 3.8) is 0 Å². The summed E-state index contributed by atoms with van der Waals surface area (Å²) in [6, 6.07) is 19.1. The molecule has 2 aromatic rings. The van der Waals surface area contributed by atoms with Crippen LogP contribution in [-0.2, 0) is 0 Å². The molecule has 1 nitrogen and oxygen atoms in total.